The zero-order valence-corrected chi connectivity index (χ0v) is 12.4. The van der Waals surface area contributed by atoms with Crippen molar-refractivity contribution in [2.45, 2.75) is 31.6 Å². The van der Waals surface area contributed by atoms with E-state index in [0.29, 0.717) is 0 Å². The molecule has 8 heteroatoms. The minimum absolute atomic E-state index is 0.0479. The molecular weight excluding hydrogens is 278 g/mol. The molecule has 0 amide bonds. The summed E-state index contributed by atoms with van der Waals surface area (Å²) in [6.45, 7) is 2.50. The fourth-order valence-corrected chi connectivity index (χ4v) is 2.47. The maximum atomic E-state index is 12.1. The number of aliphatic hydroxyl groups is 3. The van der Waals surface area contributed by atoms with Crippen molar-refractivity contribution in [3.63, 3.8) is 0 Å². The van der Waals surface area contributed by atoms with Gasteiger partial charge in [-0.15, -0.1) is 0 Å². The van der Waals surface area contributed by atoms with Crippen LogP contribution in [0.3, 0.4) is 0 Å². The maximum Gasteiger partial charge on any atom is 0.350 e. The SMILES string of the molecule is COC(CO)C(O)C(CO)(C(C)C)n1ccc(N)nc1=O. The fraction of sp³-hybridized carbons (Fsp3) is 0.692. The molecule has 3 atom stereocenters. The molecule has 0 aliphatic heterocycles. The second-order valence-electron chi connectivity index (χ2n) is 5.21. The van der Waals surface area contributed by atoms with E-state index in [1.54, 1.807) is 13.8 Å². The van der Waals surface area contributed by atoms with Crippen LogP contribution in [0.15, 0.2) is 17.1 Å². The lowest BCUT2D eigenvalue weighted by molar-refractivity contribution is -0.125. The van der Waals surface area contributed by atoms with Crippen LogP contribution in [0.1, 0.15) is 13.8 Å². The van der Waals surface area contributed by atoms with Crippen LogP contribution in [0.2, 0.25) is 0 Å². The van der Waals surface area contributed by atoms with Gasteiger partial charge in [0.1, 0.15) is 23.6 Å². The molecule has 3 unspecified atom stereocenters. The van der Waals surface area contributed by atoms with E-state index in [-0.39, 0.29) is 11.7 Å². The molecule has 0 fully saturated rings. The van der Waals surface area contributed by atoms with Gasteiger partial charge < -0.3 is 25.8 Å². The lowest BCUT2D eigenvalue weighted by atomic mass is 9.79. The van der Waals surface area contributed by atoms with Gasteiger partial charge in [-0.1, -0.05) is 13.8 Å². The molecule has 0 spiro atoms. The van der Waals surface area contributed by atoms with Crippen LogP contribution < -0.4 is 11.4 Å². The normalized spacial score (nSPS) is 17.5. The van der Waals surface area contributed by atoms with Crippen LogP contribution in [0.5, 0.6) is 0 Å². The van der Waals surface area contributed by atoms with Crippen molar-refractivity contribution in [1.82, 2.24) is 9.55 Å². The number of anilines is 1. The summed E-state index contributed by atoms with van der Waals surface area (Å²) in [5.74, 6) is -0.295. The Hall–Kier alpha value is -1.48. The Morgan fingerprint density at radius 1 is 1.48 bits per heavy atom. The molecule has 0 saturated heterocycles. The number of ether oxygens (including phenoxy) is 1. The molecule has 0 aliphatic rings. The lowest BCUT2D eigenvalue weighted by Crippen LogP contribution is -2.60. The molecular formula is C13H23N3O5. The van der Waals surface area contributed by atoms with Gasteiger partial charge in [0.05, 0.1) is 13.2 Å². The molecule has 8 nitrogen and oxygen atoms in total. The summed E-state index contributed by atoms with van der Waals surface area (Å²) in [4.78, 5) is 15.7. The molecule has 1 rings (SSSR count). The molecule has 5 N–H and O–H groups in total. The molecule has 1 aromatic heterocycles. The topological polar surface area (TPSA) is 131 Å². The van der Waals surface area contributed by atoms with Gasteiger partial charge in [0.15, 0.2) is 0 Å². The van der Waals surface area contributed by atoms with Gasteiger partial charge in [0.25, 0.3) is 0 Å². The van der Waals surface area contributed by atoms with E-state index in [2.05, 4.69) is 4.98 Å². The average Bonchev–Trinajstić information content (AvgIpc) is 2.43. The third-order valence-electron chi connectivity index (χ3n) is 3.87. The van der Waals surface area contributed by atoms with Gasteiger partial charge >= 0.3 is 5.69 Å². The van der Waals surface area contributed by atoms with E-state index < -0.39 is 36.7 Å². The standard InChI is InChI=1S/C13H23N3O5/c1-8(2)13(7-18,11(19)9(6-17)21-3)16-5-4-10(14)15-12(16)20/h4-5,8-9,11,17-19H,6-7H2,1-3H3,(H2,14,15,20). The van der Waals surface area contributed by atoms with E-state index in [9.17, 15) is 20.1 Å². The number of rotatable bonds is 7. The van der Waals surface area contributed by atoms with E-state index in [0.717, 1.165) is 4.57 Å². The molecule has 120 valence electrons. The first-order valence-electron chi connectivity index (χ1n) is 6.63. The highest BCUT2D eigenvalue weighted by Crippen LogP contribution is 2.31. The average molecular weight is 301 g/mol. The molecule has 0 saturated carbocycles. The van der Waals surface area contributed by atoms with Crippen molar-refractivity contribution in [2.24, 2.45) is 5.92 Å². The second kappa shape index (κ2) is 6.99. The van der Waals surface area contributed by atoms with Crippen LogP contribution in [0.25, 0.3) is 0 Å². The molecule has 0 aliphatic carbocycles. The van der Waals surface area contributed by atoms with E-state index in [4.69, 9.17) is 10.5 Å². The first kappa shape index (κ1) is 17.6. The molecule has 0 radical (unpaired) electrons. The summed E-state index contributed by atoms with van der Waals surface area (Å²) in [6.07, 6.45) is -0.904. The zero-order valence-electron chi connectivity index (χ0n) is 12.4. The molecule has 1 heterocycles. The molecule has 0 bridgehead atoms. The third-order valence-corrected chi connectivity index (χ3v) is 3.87. The number of hydrogen-bond donors (Lipinski definition) is 4. The Kier molecular flexibility index (Phi) is 5.85. The Morgan fingerprint density at radius 3 is 2.48 bits per heavy atom. The highest BCUT2D eigenvalue weighted by Gasteiger charge is 2.47. The first-order valence-corrected chi connectivity index (χ1v) is 6.63. The predicted molar refractivity (Wildman–Crippen MR) is 76.7 cm³/mol. The largest absolute Gasteiger partial charge is 0.394 e. The number of nitrogen functional groups attached to an aromatic ring is 1. The number of aromatic nitrogens is 2. The van der Waals surface area contributed by atoms with Crippen molar-refractivity contribution in [3.05, 3.63) is 22.7 Å². The van der Waals surface area contributed by atoms with Crippen LogP contribution in [0.4, 0.5) is 5.82 Å². The minimum atomic E-state index is -1.39. The van der Waals surface area contributed by atoms with Crippen LogP contribution in [-0.2, 0) is 10.3 Å². The van der Waals surface area contributed by atoms with Crippen LogP contribution >= 0.6 is 0 Å². The van der Waals surface area contributed by atoms with Gasteiger partial charge in [-0.3, -0.25) is 4.57 Å². The monoisotopic (exact) mass is 301 g/mol. The highest BCUT2D eigenvalue weighted by molar-refractivity contribution is 5.24. The molecule has 1 aromatic rings. The highest BCUT2D eigenvalue weighted by atomic mass is 16.5. The van der Waals surface area contributed by atoms with E-state index in [1.165, 1.54) is 19.4 Å². The number of nitrogens with zero attached hydrogens (tertiary/aromatic N) is 2. The van der Waals surface area contributed by atoms with Crippen molar-refractivity contribution < 1.29 is 20.1 Å². The Balaban J connectivity index is 3.49. The fourth-order valence-electron chi connectivity index (χ4n) is 2.47. The number of nitrogens with two attached hydrogens (primary N) is 1. The summed E-state index contributed by atoms with van der Waals surface area (Å²) in [5, 5.41) is 29.8. The van der Waals surface area contributed by atoms with Crippen molar-refractivity contribution >= 4 is 5.82 Å². The molecule has 21 heavy (non-hydrogen) atoms. The van der Waals surface area contributed by atoms with Gasteiger partial charge in [-0.2, -0.15) is 4.98 Å². The third kappa shape index (κ3) is 3.08. The smallest absolute Gasteiger partial charge is 0.350 e. The van der Waals surface area contributed by atoms with Crippen molar-refractivity contribution in [3.8, 4) is 0 Å². The zero-order chi connectivity index (χ0) is 16.2. The van der Waals surface area contributed by atoms with Crippen LogP contribution in [0, 0.1) is 5.92 Å². The van der Waals surface area contributed by atoms with Gasteiger partial charge in [-0.25, -0.2) is 4.79 Å². The number of hydrogen-bond acceptors (Lipinski definition) is 7. The van der Waals surface area contributed by atoms with Gasteiger partial charge in [-0.05, 0) is 12.0 Å². The van der Waals surface area contributed by atoms with Gasteiger partial charge in [0.2, 0.25) is 0 Å². The maximum absolute atomic E-state index is 12.1. The van der Waals surface area contributed by atoms with E-state index >= 15 is 0 Å². The Bertz CT molecular complexity index is 515. The van der Waals surface area contributed by atoms with Crippen molar-refractivity contribution in [2.75, 3.05) is 26.1 Å². The summed E-state index contributed by atoms with van der Waals surface area (Å²) in [5.41, 5.74) is 3.38. The Labute approximate surface area is 122 Å². The van der Waals surface area contributed by atoms with Crippen molar-refractivity contribution in [1.29, 1.82) is 0 Å². The predicted octanol–water partition coefficient (Wildman–Crippen LogP) is -1.46. The van der Waals surface area contributed by atoms with E-state index in [1.807, 2.05) is 0 Å². The van der Waals surface area contributed by atoms with Crippen LogP contribution in [-0.4, -0.2) is 57.4 Å². The number of methoxy groups -OCH3 is 1. The lowest BCUT2D eigenvalue weighted by Gasteiger charge is -2.43. The minimum Gasteiger partial charge on any atom is -0.394 e. The second-order valence-corrected chi connectivity index (χ2v) is 5.21. The quantitative estimate of drug-likeness (QED) is 0.484. The summed E-state index contributed by atoms with van der Waals surface area (Å²) >= 11 is 0. The summed E-state index contributed by atoms with van der Waals surface area (Å²) in [6, 6.07) is 1.40. The Morgan fingerprint density at radius 2 is 2.10 bits per heavy atom. The summed E-state index contributed by atoms with van der Waals surface area (Å²) in [7, 11) is 1.33. The molecule has 0 aromatic carbocycles. The summed E-state index contributed by atoms with van der Waals surface area (Å²) < 4.78 is 6.17. The van der Waals surface area contributed by atoms with Gasteiger partial charge in [0, 0.05) is 13.3 Å². The first-order chi connectivity index (χ1) is 9.84. The number of aliphatic hydroxyl groups excluding tert-OH is 3.